The first-order valence-electron chi connectivity index (χ1n) is 8.74. The summed E-state index contributed by atoms with van der Waals surface area (Å²) in [5.41, 5.74) is 0.953. The first kappa shape index (κ1) is 20.8. The van der Waals surface area contributed by atoms with Gasteiger partial charge in [0.05, 0.1) is 11.5 Å². The Balaban J connectivity index is 1.65. The summed E-state index contributed by atoms with van der Waals surface area (Å²) in [4.78, 5) is 26.1. The monoisotopic (exact) mass is 479 g/mol. The van der Waals surface area contributed by atoms with E-state index >= 15 is 0 Å². The summed E-state index contributed by atoms with van der Waals surface area (Å²) in [5, 5.41) is 0. The number of hydrogen-bond donors (Lipinski definition) is 0. The van der Waals surface area contributed by atoms with Crippen LogP contribution in [0.3, 0.4) is 0 Å². The Kier molecular flexibility index (Phi) is 7.09. The van der Waals surface area contributed by atoms with Crippen LogP contribution in [0, 0.1) is 0 Å². The molecule has 8 heteroatoms. The van der Waals surface area contributed by atoms with Crippen LogP contribution in [0.2, 0.25) is 0 Å². The largest absolute Gasteiger partial charge is 0.466 e. The van der Waals surface area contributed by atoms with Crippen LogP contribution in [-0.2, 0) is 14.3 Å². The second-order valence-corrected chi connectivity index (χ2v) is 8.54. The van der Waals surface area contributed by atoms with Gasteiger partial charge in [0.1, 0.15) is 15.8 Å². The molecule has 0 aliphatic carbocycles. The van der Waals surface area contributed by atoms with E-state index in [1.54, 1.807) is 13.0 Å². The molecule has 2 aromatic rings. The van der Waals surface area contributed by atoms with E-state index in [-0.39, 0.29) is 18.3 Å². The molecular formula is C20H18BrNO4S2. The maximum absolute atomic E-state index is 12.6. The van der Waals surface area contributed by atoms with Crippen molar-refractivity contribution in [2.75, 3.05) is 13.2 Å². The molecule has 0 unspecified atom stereocenters. The van der Waals surface area contributed by atoms with Crippen LogP contribution in [-0.4, -0.2) is 34.2 Å². The molecule has 0 spiro atoms. The molecule has 2 heterocycles. The van der Waals surface area contributed by atoms with Crippen LogP contribution in [0.25, 0.3) is 17.4 Å². The van der Waals surface area contributed by atoms with Crippen LogP contribution in [0.5, 0.6) is 0 Å². The molecule has 0 radical (unpaired) electrons. The zero-order chi connectivity index (χ0) is 20.1. The summed E-state index contributed by atoms with van der Waals surface area (Å²) in [6.45, 7) is 2.51. The van der Waals surface area contributed by atoms with Gasteiger partial charge in [-0.05, 0) is 37.6 Å². The Morgan fingerprint density at radius 3 is 2.75 bits per heavy atom. The summed E-state index contributed by atoms with van der Waals surface area (Å²) in [5.74, 6) is 0.883. The zero-order valence-corrected chi connectivity index (χ0v) is 18.4. The van der Waals surface area contributed by atoms with E-state index in [9.17, 15) is 9.59 Å². The van der Waals surface area contributed by atoms with Crippen LogP contribution >= 0.6 is 39.9 Å². The number of rotatable bonds is 7. The molecule has 1 aromatic carbocycles. The third-order valence-electron chi connectivity index (χ3n) is 3.97. The second-order valence-electron chi connectivity index (χ2n) is 5.95. The van der Waals surface area contributed by atoms with E-state index in [1.165, 1.54) is 16.7 Å². The Hall–Kier alpha value is -1.90. The topological polar surface area (TPSA) is 59.8 Å². The lowest BCUT2D eigenvalue weighted by Gasteiger charge is -2.13. The fourth-order valence-corrected chi connectivity index (χ4v) is 4.19. The van der Waals surface area contributed by atoms with Crippen LogP contribution in [0.1, 0.15) is 25.5 Å². The minimum atomic E-state index is -0.264. The summed E-state index contributed by atoms with van der Waals surface area (Å²) < 4.78 is 12.2. The van der Waals surface area contributed by atoms with Gasteiger partial charge in [0, 0.05) is 29.1 Å². The number of ether oxygens (including phenoxy) is 1. The molecule has 5 nitrogen and oxygen atoms in total. The van der Waals surface area contributed by atoms with Gasteiger partial charge in [-0.15, -0.1) is 0 Å². The average molecular weight is 480 g/mol. The molecule has 28 heavy (non-hydrogen) atoms. The molecule has 3 rings (SSSR count). The SMILES string of the molecule is CCOC(=O)CCCN1C(=O)/C(=C/c2ccc(-c3ccc(Br)cc3)o2)SC1=S. The molecule has 1 aromatic heterocycles. The van der Waals surface area contributed by atoms with Gasteiger partial charge in [-0.25, -0.2) is 0 Å². The molecule has 1 saturated heterocycles. The molecule has 1 amide bonds. The third-order valence-corrected chi connectivity index (χ3v) is 5.88. The molecule has 146 valence electrons. The fraction of sp³-hybridized carbons (Fsp3) is 0.250. The molecule has 1 aliphatic rings. The fourth-order valence-electron chi connectivity index (χ4n) is 2.64. The molecular weight excluding hydrogens is 462 g/mol. The smallest absolute Gasteiger partial charge is 0.305 e. The minimum absolute atomic E-state index is 0.166. The van der Waals surface area contributed by atoms with Crippen molar-refractivity contribution in [3.05, 3.63) is 51.5 Å². The van der Waals surface area contributed by atoms with Crippen molar-refractivity contribution in [1.82, 2.24) is 4.90 Å². The number of thioether (sulfide) groups is 1. The van der Waals surface area contributed by atoms with E-state index in [4.69, 9.17) is 21.4 Å². The van der Waals surface area contributed by atoms with Gasteiger partial charge >= 0.3 is 5.97 Å². The predicted octanol–water partition coefficient (Wildman–Crippen LogP) is 5.25. The van der Waals surface area contributed by atoms with Crippen molar-refractivity contribution >= 4 is 62.2 Å². The maximum atomic E-state index is 12.6. The van der Waals surface area contributed by atoms with Crippen molar-refractivity contribution in [2.24, 2.45) is 0 Å². The number of thiocarbonyl (C=S) groups is 1. The van der Waals surface area contributed by atoms with Gasteiger partial charge in [0.2, 0.25) is 0 Å². The second kappa shape index (κ2) is 9.54. The normalized spacial score (nSPS) is 15.5. The Morgan fingerprint density at radius 2 is 2.04 bits per heavy atom. The highest BCUT2D eigenvalue weighted by Gasteiger charge is 2.32. The highest BCUT2D eigenvalue weighted by molar-refractivity contribution is 9.10. The lowest BCUT2D eigenvalue weighted by Crippen LogP contribution is -2.29. The number of halogens is 1. The van der Waals surface area contributed by atoms with Gasteiger partial charge in [0.25, 0.3) is 5.91 Å². The lowest BCUT2D eigenvalue weighted by atomic mass is 10.2. The number of esters is 1. The minimum Gasteiger partial charge on any atom is -0.466 e. The van der Waals surface area contributed by atoms with Gasteiger partial charge in [-0.3, -0.25) is 14.5 Å². The highest BCUT2D eigenvalue weighted by atomic mass is 79.9. The van der Waals surface area contributed by atoms with Gasteiger partial charge in [0.15, 0.2) is 0 Å². The summed E-state index contributed by atoms with van der Waals surface area (Å²) in [6, 6.07) is 11.5. The quantitative estimate of drug-likeness (QED) is 0.306. The number of nitrogens with zero attached hydrogens (tertiary/aromatic N) is 1. The number of hydrogen-bond acceptors (Lipinski definition) is 6. The highest BCUT2D eigenvalue weighted by Crippen LogP contribution is 2.34. The molecule has 0 N–H and O–H groups in total. The summed E-state index contributed by atoms with van der Waals surface area (Å²) >= 11 is 9.96. The first-order chi connectivity index (χ1) is 13.5. The van der Waals surface area contributed by atoms with Crippen molar-refractivity contribution in [2.45, 2.75) is 19.8 Å². The van der Waals surface area contributed by atoms with Crippen molar-refractivity contribution in [3.8, 4) is 11.3 Å². The lowest BCUT2D eigenvalue weighted by molar-refractivity contribution is -0.143. The Morgan fingerprint density at radius 1 is 1.29 bits per heavy atom. The van der Waals surface area contributed by atoms with E-state index in [0.29, 0.717) is 34.6 Å². The van der Waals surface area contributed by atoms with Crippen LogP contribution in [0.4, 0.5) is 0 Å². The average Bonchev–Trinajstić information content (AvgIpc) is 3.23. The van der Waals surface area contributed by atoms with Gasteiger partial charge < -0.3 is 9.15 Å². The number of benzene rings is 1. The predicted molar refractivity (Wildman–Crippen MR) is 118 cm³/mol. The number of furan rings is 1. The van der Waals surface area contributed by atoms with Gasteiger partial charge in [-0.1, -0.05) is 52.0 Å². The van der Waals surface area contributed by atoms with E-state index in [1.807, 2.05) is 36.4 Å². The maximum Gasteiger partial charge on any atom is 0.305 e. The van der Waals surface area contributed by atoms with Gasteiger partial charge in [-0.2, -0.15) is 0 Å². The first-order valence-corrected chi connectivity index (χ1v) is 10.8. The molecule has 0 saturated carbocycles. The Labute approximate surface area is 181 Å². The van der Waals surface area contributed by atoms with Crippen LogP contribution < -0.4 is 0 Å². The van der Waals surface area contributed by atoms with Crippen molar-refractivity contribution < 1.29 is 18.7 Å². The zero-order valence-electron chi connectivity index (χ0n) is 15.1. The molecule has 1 aliphatic heterocycles. The Bertz CT molecular complexity index is 921. The number of carbonyl (C=O) groups is 2. The van der Waals surface area contributed by atoms with Crippen molar-refractivity contribution in [1.29, 1.82) is 0 Å². The molecule has 0 bridgehead atoms. The molecule has 1 fully saturated rings. The third kappa shape index (κ3) is 5.12. The standard InChI is InChI=1S/C20H18BrNO4S2/c1-2-25-18(23)4-3-11-22-19(24)17(28-20(22)27)12-15-9-10-16(26-15)13-5-7-14(21)8-6-13/h5-10,12H,2-4,11H2,1H3/b17-12-. The molecule has 0 atom stereocenters. The summed E-state index contributed by atoms with van der Waals surface area (Å²) in [6.07, 6.45) is 2.47. The number of amides is 1. The van der Waals surface area contributed by atoms with E-state index in [2.05, 4.69) is 15.9 Å². The van der Waals surface area contributed by atoms with Crippen molar-refractivity contribution in [3.63, 3.8) is 0 Å². The van der Waals surface area contributed by atoms with E-state index < -0.39 is 0 Å². The summed E-state index contributed by atoms with van der Waals surface area (Å²) in [7, 11) is 0. The van der Waals surface area contributed by atoms with E-state index in [0.717, 1.165) is 15.8 Å². The van der Waals surface area contributed by atoms with Crippen LogP contribution in [0.15, 0.2) is 50.2 Å². The number of carbonyl (C=O) groups excluding carboxylic acids is 2.